The summed E-state index contributed by atoms with van der Waals surface area (Å²) in [5.41, 5.74) is 0. The summed E-state index contributed by atoms with van der Waals surface area (Å²) < 4.78 is 9.92. The lowest BCUT2D eigenvalue weighted by Crippen LogP contribution is -2.30. The maximum atomic E-state index is 12.0. The Morgan fingerprint density at radius 3 is 2.56 bits per heavy atom. The third-order valence-corrected chi connectivity index (χ3v) is 3.08. The van der Waals surface area contributed by atoms with Crippen molar-refractivity contribution in [3.8, 4) is 0 Å². The van der Waals surface area contributed by atoms with Crippen LogP contribution in [0.25, 0.3) is 0 Å². The zero-order valence-electron chi connectivity index (χ0n) is 10.2. The molecule has 0 aromatic heterocycles. The van der Waals surface area contributed by atoms with Crippen molar-refractivity contribution >= 4 is 11.8 Å². The van der Waals surface area contributed by atoms with Gasteiger partial charge in [-0.15, -0.1) is 0 Å². The standard InChI is InChI=1S/C12H20O4/c1-8(2)12(14)10(6-11(13)15-3)9-4-5-16-7-9/h8-10H,4-7H2,1-3H3/t9?,10-/m0/s1. The summed E-state index contributed by atoms with van der Waals surface area (Å²) in [4.78, 5) is 23.3. The van der Waals surface area contributed by atoms with Crippen LogP contribution in [0.5, 0.6) is 0 Å². The van der Waals surface area contributed by atoms with Crippen LogP contribution in [0.3, 0.4) is 0 Å². The van der Waals surface area contributed by atoms with Gasteiger partial charge in [0, 0.05) is 18.4 Å². The zero-order chi connectivity index (χ0) is 12.1. The molecule has 4 nitrogen and oxygen atoms in total. The van der Waals surface area contributed by atoms with E-state index in [-0.39, 0.29) is 35.9 Å². The van der Waals surface area contributed by atoms with Crippen LogP contribution in [-0.4, -0.2) is 32.1 Å². The molecule has 1 unspecified atom stereocenters. The van der Waals surface area contributed by atoms with E-state index in [2.05, 4.69) is 4.74 Å². The molecular weight excluding hydrogens is 208 g/mol. The number of hydrogen-bond donors (Lipinski definition) is 0. The molecular formula is C12H20O4. The highest BCUT2D eigenvalue weighted by Crippen LogP contribution is 2.28. The van der Waals surface area contributed by atoms with Crippen molar-refractivity contribution < 1.29 is 19.1 Å². The second kappa shape index (κ2) is 5.99. The number of methoxy groups -OCH3 is 1. The fourth-order valence-electron chi connectivity index (χ4n) is 2.06. The van der Waals surface area contributed by atoms with E-state index in [0.717, 1.165) is 6.42 Å². The Morgan fingerprint density at radius 1 is 1.44 bits per heavy atom. The molecule has 1 saturated heterocycles. The van der Waals surface area contributed by atoms with Crippen molar-refractivity contribution in [2.45, 2.75) is 26.7 Å². The number of hydrogen-bond acceptors (Lipinski definition) is 4. The number of ether oxygens (including phenoxy) is 2. The van der Waals surface area contributed by atoms with Gasteiger partial charge in [0.2, 0.25) is 0 Å². The predicted octanol–water partition coefficient (Wildman–Crippen LogP) is 1.43. The summed E-state index contributed by atoms with van der Waals surface area (Å²) in [6, 6.07) is 0. The van der Waals surface area contributed by atoms with E-state index in [4.69, 9.17) is 4.74 Å². The summed E-state index contributed by atoms with van der Waals surface area (Å²) >= 11 is 0. The molecule has 0 aromatic carbocycles. The Bertz CT molecular complexity index is 254. The van der Waals surface area contributed by atoms with Crippen LogP contribution in [0.4, 0.5) is 0 Å². The SMILES string of the molecule is COC(=O)C[C@H](C(=O)C(C)C)C1CCOC1. The van der Waals surface area contributed by atoms with Crippen molar-refractivity contribution in [3.63, 3.8) is 0 Å². The Labute approximate surface area is 96.3 Å². The molecule has 0 radical (unpaired) electrons. The van der Waals surface area contributed by atoms with Crippen molar-refractivity contribution in [2.75, 3.05) is 20.3 Å². The molecule has 0 N–H and O–H groups in total. The van der Waals surface area contributed by atoms with Crippen molar-refractivity contribution in [1.29, 1.82) is 0 Å². The first kappa shape index (κ1) is 13.2. The fourth-order valence-corrected chi connectivity index (χ4v) is 2.06. The van der Waals surface area contributed by atoms with Gasteiger partial charge in [-0.05, 0) is 12.3 Å². The Kier molecular flexibility index (Phi) is 4.93. The number of carbonyl (C=O) groups excluding carboxylic acids is 2. The lowest BCUT2D eigenvalue weighted by Gasteiger charge is -2.21. The first-order valence-electron chi connectivity index (χ1n) is 5.74. The fraction of sp³-hybridized carbons (Fsp3) is 0.833. The van der Waals surface area contributed by atoms with E-state index in [1.54, 1.807) is 0 Å². The highest BCUT2D eigenvalue weighted by molar-refractivity contribution is 5.87. The van der Waals surface area contributed by atoms with Crippen molar-refractivity contribution in [2.24, 2.45) is 17.8 Å². The highest BCUT2D eigenvalue weighted by atomic mass is 16.5. The minimum Gasteiger partial charge on any atom is -0.469 e. The molecule has 4 heteroatoms. The third-order valence-electron chi connectivity index (χ3n) is 3.08. The predicted molar refractivity (Wildman–Crippen MR) is 58.9 cm³/mol. The number of rotatable bonds is 5. The molecule has 1 aliphatic heterocycles. The molecule has 1 fully saturated rings. The van der Waals surface area contributed by atoms with E-state index in [1.807, 2.05) is 13.8 Å². The normalized spacial score (nSPS) is 22.1. The second-order valence-corrected chi connectivity index (χ2v) is 4.57. The summed E-state index contributed by atoms with van der Waals surface area (Å²) in [5, 5.41) is 0. The maximum absolute atomic E-state index is 12.0. The number of carbonyl (C=O) groups is 2. The lowest BCUT2D eigenvalue weighted by atomic mass is 9.81. The topological polar surface area (TPSA) is 52.6 Å². The van der Waals surface area contributed by atoms with Crippen LogP contribution in [0.1, 0.15) is 26.7 Å². The Balaban J connectivity index is 2.67. The summed E-state index contributed by atoms with van der Waals surface area (Å²) in [5.74, 6) is -0.286. The van der Waals surface area contributed by atoms with Gasteiger partial charge in [0.05, 0.1) is 20.1 Å². The van der Waals surface area contributed by atoms with E-state index >= 15 is 0 Å². The van der Waals surface area contributed by atoms with Gasteiger partial charge in [-0.1, -0.05) is 13.8 Å². The molecule has 1 rings (SSSR count). The summed E-state index contributed by atoms with van der Waals surface area (Å²) in [6.45, 7) is 5.00. The summed E-state index contributed by atoms with van der Waals surface area (Å²) in [6.07, 6.45) is 1.04. The van der Waals surface area contributed by atoms with Crippen LogP contribution in [-0.2, 0) is 19.1 Å². The molecule has 0 aliphatic carbocycles. The number of ketones is 1. The quantitative estimate of drug-likeness (QED) is 0.668. The van der Waals surface area contributed by atoms with Crippen LogP contribution in [0.2, 0.25) is 0 Å². The van der Waals surface area contributed by atoms with Crippen LogP contribution in [0.15, 0.2) is 0 Å². The van der Waals surface area contributed by atoms with Gasteiger partial charge in [0.25, 0.3) is 0 Å². The molecule has 92 valence electrons. The average Bonchev–Trinajstić information content (AvgIpc) is 2.77. The molecule has 1 heterocycles. The highest BCUT2D eigenvalue weighted by Gasteiger charge is 2.34. The van der Waals surface area contributed by atoms with Gasteiger partial charge in [0.15, 0.2) is 0 Å². The van der Waals surface area contributed by atoms with Crippen LogP contribution in [0, 0.1) is 17.8 Å². The van der Waals surface area contributed by atoms with Gasteiger partial charge < -0.3 is 9.47 Å². The number of Topliss-reactive ketones (excluding diaryl/α,β-unsaturated/α-hetero) is 1. The zero-order valence-corrected chi connectivity index (χ0v) is 10.2. The molecule has 0 spiro atoms. The summed E-state index contributed by atoms with van der Waals surface area (Å²) in [7, 11) is 1.35. The van der Waals surface area contributed by atoms with Crippen LogP contribution >= 0.6 is 0 Å². The van der Waals surface area contributed by atoms with Crippen LogP contribution < -0.4 is 0 Å². The Morgan fingerprint density at radius 2 is 2.12 bits per heavy atom. The smallest absolute Gasteiger partial charge is 0.306 e. The molecule has 0 saturated carbocycles. The molecule has 0 aromatic rings. The molecule has 2 atom stereocenters. The first-order chi connectivity index (χ1) is 7.56. The van der Waals surface area contributed by atoms with Gasteiger partial charge in [-0.2, -0.15) is 0 Å². The lowest BCUT2D eigenvalue weighted by molar-refractivity contribution is -0.145. The minimum atomic E-state index is -0.314. The van der Waals surface area contributed by atoms with E-state index in [9.17, 15) is 9.59 Å². The van der Waals surface area contributed by atoms with Crippen molar-refractivity contribution in [1.82, 2.24) is 0 Å². The Hall–Kier alpha value is -0.900. The van der Waals surface area contributed by atoms with Gasteiger partial charge in [-0.25, -0.2) is 0 Å². The van der Waals surface area contributed by atoms with Gasteiger partial charge in [0.1, 0.15) is 5.78 Å². The number of esters is 1. The molecule has 1 aliphatic rings. The monoisotopic (exact) mass is 228 g/mol. The second-order valence-electron chi connectivity index (χ2n) is 4.57. The third kappa shape index (κ3) is 3.30. The van der Waals surface area contributed by atoms with E-state index in [1.165, 1.54) is 7.11 Å². The van der Waals surface area contributed by atoms with E-state index < -0.39 is 0 Å². The van der Waals surface area contributed by atoms with Gasteiger partial charge in [-0.3, -0.25) is 9.59 Å². The molecule has 16 heavy (non-hydrogen) atoms. The van der Waals surface area contributed by atoms with Crippen molar-refractivity contribution in [3.05, 3.63) is 0 Å². The minimum absolute atomic E-state index is 0.0461. The maximum Gasteiger partial charge on any atom is 0.306 e. The molecule has 0 amide bonds. The average molecular weight is 228 g/mol. The first-order valence-corrected chi connectivity index (χ1v) is 5.74. The van der Waals surface area contributed by atoms with E-state index in [0.29, 0.717) is 13.2 Å². The molecule has 0 bridgehead atoms. The van der Waals surface area contributed by atoms with Gasteiger partial charge >= 0.3 is 5.97 Å². The largest absolute Gasteiger partial charge is 0.469 e.